The van der Waals surface area contributed by atoms with E-state index in [1.54, 1.807) is 0 Å². The topological polar surface area (TPSA) is 12.4 Å². The molecule has 0 bridgehead atoms. The fourth-order valence-corrected chi connectivity index (χ4v) is 2.06. The molecular formula is C18H25N. The van der Waals surface area contributed by atoms with Gasteiger partial charge >= 0.3 is 0 Å². The zero-order valence-corrected chi connectivity index (χ0v) is 13.0. The number of allylic oxidation sites excluding steroid dienone is 3. The van der Waals surface area contributed by atoms with Gasteiger partial charge in [0.15, 0.2) is 0 Å². The molecule has 0 spiro atoms. The SMILES string of the molecule is C=C(C)/N=C\C(=C(/C)c1cccc(C)c1)C(C)(C)C. The van der Waals surface area contributed by atoms with Crippen molar-refractivity contribution in [2.45, 2.75) is 41.5 Å². The van der Waals surface area contributed by atoms with Crippen LogP contribution in [0.5, 0.6) is 0 Å². The van der Waals surface area contributed by atoms with Gasteiger partial charge in [-0.2, -0.15) is 0 Å². The maximum Gasteiger partial charge on any atom is 0.0311 e. The maximum absolute atomic E-state index is 4.38. The highest BCUT2D eigenvalue weighted by Crippen LogP contribution is 2.31. The molecule has 0 radical (unpaired) electrons. The smallest absolute Gasteiger partial charge is 0.0311 e. The Bertz CT molecular complexity index is 525. The molecule has 0 atom stereocenters. The normalized spacial score (nSPS) is 13.6. The molecule has 19 heavy (non-hydrogen) atoms. The molecule has 0 saturated carbocycles. The molecule has 1 heteroatoms. The van der Waals surface area contributed by atoms with Crippen molar-refractivity contribution < 1.29 is 0 Å². The Morgan fingerprint density at radius 3 is 2.32 bits per heavy atom. The molecule has 0 aromatic heterocycles. The summed E-state index contributed by atoms with van der Waals surface area (Å²) in [6, 6.07) is 8.60. The van der Waals surface area contributed by atoms with Crippen molar-refractivity contribution in [3.8, 4) is 0 Å². The molecule has 0 aliphatic carbocycles. The van der Waals surface area contributed by atoms with Gasteiger partial charge in [-0.1, -0.05) is 57.2 Å². The van der Waals surface area contributed by atoms with E-state index in [2.05, 4.69) is 70.5 Å². The Labute approximate surface area is 117 Å². The highest BCUT2D eigenvalue weighted by molar-refractivity contribution is 5.92. The Balaban J connectivity index is 3.36. The van der Waals surface area contributed by atoms with Crippen molar-refractivity contribution in [1.29, 1.82) is 0 Å². The Morgan fingerprint density at radius 1 is 1.21 bits per heavy atom. The molecule has 0 N–H and O–H groups in total. The summed E-state index contributed by atoms with van der Waals surface area (Å²) in [5, 5.41) is 0. The van der Waals surface area contributed by atoms with Gasteiger partial charge < -0.3 is 0 Å². The van der Waals surface area contributed by atoms with E-state index in [1.165, 1.54) is 22.3 Å². The van der Waals surface area contributed by atoms with Crippen molar-refractivity contribution in [2.75, 3.05) is 0 Å². The average Bonchev–Trinajstić information content (AvgIpc) is 2.26. The van der Waals surface area contributed by atoms with Gasteiger partial charge in [0.1, 0.15) is 0 Å². The fourth-order valence-electron chi connectivity index (χ4n) is 2.06. The van der Waals surface area contributed by atoms with Gasteiger partial charge in [-0.05, 0) is 42.9 Å². The second-order valence-corrected chi connectivity index (χ2v) is 6.15. The molecular weight excluding hydrogens is 230 g/mol. The Morgan fingerprint density at radius 2 is 1.84 bits per heavy atom. The summed E-state index contributed by atoms with van der Waals surface area (Å²) in [6.45, 7) is 16.7. The first kappa shape index (κ1) is 15.4. The molecule has 0 unspecified atom stereocenters. The average molecular weight is 255 g/mol. The lowest BCUT2D eigenvalue weighted by atomic mass is 9.82. The number of benzene rings is 1. The van der Waals surface area contributed by atoms with E-state index in [0.717, 1.165) is 5.70 Å². The summed E-state index contributed by atoms with van der Waals surface area (Å²) >= 11 is 0. The van der Waals surface area contributed by atoms with Crippen molar-refractivity contribution in [3.63, 3.8) is 0 Å². The van der Waals surface area contributed by atoms with Crippen LogP contribution in [-0.4, -0.2) is 6.21 Å². The van der Waals surface area contributed by atoms with E-state index < -0.39 is 0 Å². The highest BCUT2D eigenvalue weighted by Gasteiger charge is 2.18. The number of hydrogen-bond acceptors (Lipinski definition) is 1. The summed E-state index contributed by atoms with van der Waals surface area (Å²) in [7, 11) is 0. The van der Waals surface area contributed by atoms with Gasteiger partial charge in [-0.25, -0.2) is 0 Å². The maximum atomic E-state index is 4.38. The first-order chi connectivity index (χ1) is 8.71. The molecule has 102 valence electrons. The molecule has 0 aliphatic heterocycles. The molecule has 1 aromatic rings. The highest BCUT2D eigenvalue weighted by atomic mass is 14.7. The molecule has 1 aromatic carbocycles. The van der Waals surface area contributed by atoms with Gasteiger partial charge in [0.25, 0.3) is 0 Å². The zero-order chi connectivity index (χ0) is 14.6. The quantitative estimate of drug-likeness (QED) is 0.639. The van der Waals surface area contributed by atoms with Crippen LogP contribution in [0, 0.1) is 12.3 Å². The van der Waals surface area contributed by atoms with Gasteiger partial charge in [0.2, 0.25) is 0 Å². The summed E-state index contributed by atoms with van der Waals surface area (Å²) in [4.78, 5) is 4.38. The van der Waals surface area contributed by atoms with Gasteiger partial charge in [0, 0.05) is 11.9 Å². The van der Waals surface area contributed by atoms with E-state index in [-0.39, 0.29) is 5.41 Å². The Kier molecular flexibility index (Phi) is 4.88. The first-order valence-corrected chi connectivity index (χ1v) is 6.70. The van der Waals surface area contributed by atoms with Crippen LogP contribution in [0.15, 0.2) is 47.1 Å². The molecule has 0 heterocycles. The van der Waals surface area contributed by atoms with Crippen LogP contribution in [0.1, 0.15) is 45.7 Å². The van der Waals surface area contributed by atoms with Crippen molar-refractivity contribution in [3.05, 3.63) is 53.2 Å². The van der Waals surface area contributed by atoms with Crippen molar-refractivity contribution >= 4 is 11.8 Å². The first-order valence-electron chi connectivity index (χ1n) is 6.70. The molecule has 0 aliphatic rings. The third-order valence-electron chi connectivity index (χ3n) is 3.08. The number of nitrogens with zero attached hydrogens (tertiary/aromatic N) is 1. The van der Waals surface area contributed by atoms with Crippen molar-refractivity contribution in [1.82, 2.24) is 0 Å². The van der Waals surface area contributed by atoms with Crippen LogP contribution in [0.4, 0.5) is 0 Å². The minimum Gasteiger partial charge on any atom is -0.262 e. The van der Waals surface area contributed by atoms with E-state index in [1.807, 2.05) is 13.1 Å². The Hall–Kier alpha value is -1.63. The summed E-state index contributed by atoms with van der Waals surface area (Å²) < 4.78 is 0. The predicted molar refractivity (Wildman–Crippen MR) is 86.5 cm³/mol. The zero-order valence-electron chi connectivity index (χ0n) is 13.0. The van der Waals surface area contributed by atoms with Crippen LogP contribution in [0.25, 0.3) is 5.57 Å². The monoisotopic (exact) mass is 255 g/mol. The predicted octanol–water partition coefficient (Wildman–Crippen LogP) is 5.42. The summed E-state index contributed by atoms with van der Waals surface area (Å²) in [6.07, 6.45) is 1.96. The van der Waals surface area contributed by atoms with Gasteiger partial charge in [-0.15, -0.1) is 0 Å². The van der Waals surface area contributed by atoms with Crippen LogP contribution in [-0.2, 0) is 0 Å². The van der Waals surface area contributed by atoms with Gasteiger partial charge in [0.05, 0.1) is 0 Å². The second-order valence-electron chi connectivity index (χ2n) is 6.15. The van der Waals surface area contributed by atoms with E-state index >= 15 is 0 Å². The number of hydrogen-bond donors (Lipinski definition) is 0. The van der Waals surface area contributed by atoms with Crippen molar-refractivity contribution in [2.24, 2.45) is 10.4 Å². The molecule has 0 fully saturated rings. The van der Waals surface area contributed by atoms with E-state index in [0.29, 0.717) is 0 Å². The minimum absolute atomic E-state index is 0.0623. The third kappa shape index (κ3) is 4.51. The molecule has 1 rings (SSSR count). The number of aryl methyl sites for hydroxylation is 1. The molecule has 0 amide bonds. The lowest BCUT2D eigenvalue weighted by Crippen LogP contribution is -2.12. The van der Waals surface area contributed by atoms with Crippen LogP contribution in [0.2, 0.25) is 0 Å². The third-order valence-corrected chi connectivity index (χ3v) is 3.08. The standard InChI is InChI=1S/C18H25N/c1-13(2)19-12-17(18(5,6)7)15(4)16-10-8-9-14(3)11-16/h8-12H,1H2,2-7H3/b17-15-,19-12-. The second kappa shape index (κ2) is 6.01. The number of aliphatic imine (C=N–C) groups is 1. The molecule has 1 nitrogen and oxygen atoms in total. The lowest BCUT2D eigenvalue weighted by molar-refractivity contribution is 0.528. The summed E-state index contributed by atoms with van der Waals surface area (Å²) in [5.41, 5.74) is 5.97. The van der Waals surface area contributed by atoms with Gasteiger partial charge in [-0.3, -0.25) is 4.99 Å². The van der Waals surface area contributed by atoms with E-state index in [4.69, 9.17) is 0 Å². The summed E-state index contributed by atoms with van der Waals surface area (Å²) in [5.74, 6) is 0. The fraction of sp³-hybridized carbons (Fsp3) is 0.389. The van der Waals surface area contributed by atoms with Crippen LogP contribution in [0.3, 0.4) is 0 Å². The lowest BCUT2D eigenvalue weighted by Gasteiger charge is -2.23. The minimum atomic E-state index is 0.0623. The largest absolute Gasteiger partial charge is 0.262 e. The van der Waals surface area contributed by atoms with Crippen LogP contribution < -0.4 is 0 Å². The number of rotatable bonds is 3. The molecule has 0 saturated heterocycles. The van der Waals surface area contributed by atoms with Crippen LogP contribution >= 0.6 is 0 Å². The van der Waals surface area contributed by atoms with E-state index in [9.17, 15) is 0 Å².